The van der Waals surface area contributed by atoms with Gasteiger partial charge in [-0.05, 0) is 68.9 Å². The van der Waals surface area contributed by atoms with Gasteiger partial charge in [-0.2, -0.15) is 0 Å². The Hall–Kier alpha value is -2.18. The van der Waals surface area contributed by atoms with Crippen LogP contribution in [-0.2, 0) is 10.0 Å². The molecule has 2 N–H and O–H groups in total. The lowest BCUT2D eigenvalue weighted by Crippen LogP contribution is -2.32. The second kappa shape index (κ2) is 8.45. The van der Waals surface area contributed by atoms with E-state index in [-0.39, 0.29) is 22.9 Å². The number of aryl methyl sites for hydroxylation is 1. The van der Waals surface area contributed by atoms with Gasteiger partial charge in [0.05, 0.1) is 10.9 Å². The van der Waals surface area contributed by atoms with E-state index < -0.39 is 10.0 Å². The minimum absolute atomic E-state index is 0.0106. The van der Waals surface area contributed by atoms with E-state index in [2.05, 4.69) is 34.3 Å². The monoisotopic (exact) mass is 400 g/mol. The Balaban J connectivity index is 1.72. The van der Waals surface area contributed by atoms with Gasteiger partial charge in [-0.3, -0.25) is 4.79 Å². The van der Waals surface area contributed by atoms with Crippen molar-refractivity contribution < 1.29 is 13.2 Å². The van der Waals surface area contributed by atoms with Crippen LogP contribution in [0.25, 0.3) is 0 Å². The molecule has 1 aliphatic rings. The molecule has 6 heteroatoms. The van der Waals surface area contributed by atoms with Crippen LogP contribution < -0.4 is 10.0 Å². The van der Waals surface area contributed by atoms with Gasteiger partial charge < -0.3 is 5.32 Å². The lowest BCUT2D eigenvalue weighted by atomic mass is 10.0. The normalized spacial score (nSPS) is 16.4. The Bertz CT molecular complexity index is 917. The lowest BCUT2D eigenvalue weighted by Gasteiger charge is -2.19. The first-order valence-corrected chi connectivity index (χ1v) is 11.3. The average Bonchev–Trinajstić information content (AvgIpc) is 3.51. The summed E-state index contributed by atoms with van der Waals surface area (Å²) in [7, 11) is -3.57. The molecule has 1 aliphatic carbocycles. The summed E-state index contributed by atoms with van der Waals surface area (Å²) >= 11 is 0. The van der Waals surface area contributed by atoms with E-state index in [0.717, 1.165) is 18.4 Å². The van der Waals surface area contributed by atoms with Crippen molar-refractivity contribution >= 4 is 15.9 Å². The van der Waals surface area contributed by atoms with Gasteiger partial charge in [-0.1, -0.05) is 36.8 Å². The molecule has 28 heavy (non-hydrogen) atoms. The highest BCUT2D eigenvalue weighted by molar-refractivity contribution is 7.89. The van der Waals surface area contributed by atoms with E-state index in [0.29, 0.717) is 17.9 Å². The maximum atomic E-state index is 12.7. The van der Waals surface area contributed by atoms with Gasteiger partial charge in [0.25, 0.3) is 5.91 Å². The summed E-state index contributed by atoms with van der Waals surface area (Å²) in [5.41, 5.74) is 2.76. The van der Waals surface area contributed by atoms with Crippen LogP contribution in [0, 0.1) is 12.8 Å². The standard InChI is InChI=1S/C22H28N2O3S/c1-4-16(3)24-28(26,27)20-13-11-19(12-14-20)22(25)23-21(18-9-10-18)17-7-5-15(2)6-8-17/h5-8,11-14,16,18,21,24H,4,9-10H2,1-3H3,(H,23,25). The molecule has 0 bridgehead atoms. The van der Waals surface area contributed by atoms with Gasteiger partial charge in [0.15, 0.2) is 0 Å². The van der Waals surface area contributed by atoms with E-state index in [1.54, 1.807) is 12.1 Å². The first-order valence-electron chi connectivity index (χ1n) is 9.80. The molecule has 1 saturated carbocycles. The number of rotatable bonds is 8. The van der Waals surface area contributed by atoms with Crippen molar-refractivity contribution in [2.24, 2.45) is 5.92 Å². The van der Waals surface area contributed by atoms with Crippen molar-refractivity contribution in [3.05, 3.63) is 65.2 Å². The molecule has 2 atom stereocenters. The molecule has 3 rings (SSSR count). The number of amides is 1. The third kappa shape index (κ3) is 5.00. The number of hydrogen-bond donors (Lipinski definition) is 2. The maximum Gasteiger partial charge on any atom is 0.251 e. The zero-order valence-corrected chi connectivity index (χ0v) is 17.4. The van der Waals surface area contributed by atoms with Gasteiger partial charge in [0.2, 0.25) is 10.0 Å². The number of sulfonamides is 1. The number of carbonyl (C=O) groups is 1. The summed E-state index contributed by atoms with van der Waals surface area (Å²) in [4.78, 5) is 12.9. The molecule has 0 saturated heterocycles. The molecular weight excluding hydrogens is 372 g/mol. The average molecular weight is 401 g/mol. The third-order valence-electron chi connectivity index (χ3n) is 5.21. The molecule has 1 amide bonds. The van der Waals surface area contributed by atoms with Crippen LogP contribution >= 0.6 is 0 Å². The van der Waals surface area contributed by atoms with Crippen LogP contribution in [0.1, 0.15) is 60.6 Å². The van der Waals surface area contributed by atoms with Crippen LogP contribution in [0.15, 0.2) is 53.4 Å². The minimum atomic E-state index is -3.57. The summed E-state index contributed by atoms with van der Waals surface area (Å²) in [5, 5.41) is 3.13. The maximum absolute atomic E-state index is 12.7. The molecule has 0 aromatic heterocycles. The molecule has 150 valence electrons. The van der Waals surface area contributed by atoms with Crippen LogP contribution in [0.5, 0.6) is 0 Å². The fourth-order valence-corrected chi connectivity index (χ4v) is 4.43. The van der Waals surface area contributed by atoms with Crippen molar-refractivity contribution in [3.8, 4) is 0 Å². The van der Waals surface area contributed by atoms with Crippen LogP contribution in [0.3, 0.4) is 0 Å². The van der Waals surface area contributed by atoms with E-state index in [1.165, 1.54) is 17.7 Å². The number of benzene rings is 2. The second-order valence-electron chi connectivity index (χ2n) is 7.65. The quantitative estimate of drug-likeness (QED) is 0.704. The highest BCUT2D eigenvalue weighted by atomic mass is 32.2. The number of nitrogens with one attached hydrogen (secondary N) is 2. The molecule has 0 heterocycles. The van der Waals surface area contributed by atoms with Gasteiger partial charge in [-0.15, -0.1) is 0 Å². The first-order chi connectivity index (χ1) is 13.3. The minimum Gasteiger partial charge on any atom is -0.345 e. The summed E-state index contributed by atoms with van der Waals surface area (Å²) < 4.78 is 27.3. The van der Waals surface area contributed by atoms with E-state index in [1.807, 2.05) is 20.8 Å². The van der Waals surface area contributed by atoms with Crippen molar-refractivity contribution in [3.63, 3.8) is 0 Å². The van der Waals surface area contributed by atoms with Gasteiger partial charge >= 0.3 is 0 Å². The molecule has 0 aliphatic heterocycles. The Labute approximate surface area is 167 Å². The number of hydrogen-bond acceptors (Lipinski definition) is 3. The molecule has 0 radical (unpaired) electrons. The Morgan fingerprint density at radius 3 is 2.21 bits per heavy atom. The van der Waals surface area contributed by atoms with Crippen LogP contribution in [-0.4, -0.2) is 20.4 Å². The smallest absolute Gasteiger partial charge is 0.251 e. The largest absolute Gasteiger partial charge is 0.345 e. The SMILES string of the molecule is CCC(C)NS(=O)(=O)c1ccc(C(=O)NC(c2ccc(C)cc2)C2CC2)cc1. The highest BCUT2D eigenvalue weighted by Crippen LogP contribution is 2.41. The van der Waals surface area contributed by atoms with Crippen molar-refractivity contribution in [2.45, 2.75) is 57.0 Å². The zero-order chi connectivity index (χ0) is 20.3. The lowest BCUT2D eigenvalue weighted by molar-refractivity contribution is 0.0931. The zero-order valence-electron chi connectivity index (χ0n) is 16.6. The van der Waals surface area contributed by atoms with Crippen molar-refractivity contribution in [1.82, 2.24) is 10.0 Å². The predicted octanol–water partition coefficient (Wildman–Crippen LogP) is 3.95. The van der Waals surface area contributed by atoms with E-state index >= 15 is 0 Å². The Kier molecular flexibility index (Phi) is 6.20. The Morgan fingerprint density at radius 2 is 1.68 bits per heavy atom. The van der Waals surface area contributed by atoms with Crippen molar-refractivity contribution in [2.75, 3.05) is 0 Å². The third-order valence-corrected chi connectivity index (χ3v) is 6.82. The molecule has 2 unspecified atom stereocenters. The molecular formula is C22H28N2O3S. The van der Waals surface area contributed by atoms with Gasteiger partial charge in [0, 0.05) is 11.6 Å². The molecule has 5 nitrogen and oxygen atoms in total. The number of carbonyl (C=O) groups excluding carboxylic acids is 1. The topological polar surface area (TPSA) is 75.3 Å². The van der Waals surface area contributed by atoms with Crippen molar-refractivity contribution in [1.29, 1.82) is 0 Å². The molecule has 1 fully saturated rings. The van der Waals surface area contributed by atoms with Crippen LogP contribution in [0.2, 0.25) is 0 Å². The fourth-order valence-electron chi connectivity index (χ4n) is 3.10. The first kappa shape index (κ1) is 20.6. The fraction of sp³-hybridized carbons (Fsp3) is 0.409. The summed E-state index contributed by atoms with van der Waals surface area (Å²) in [6, 6.07) is 14.2. The molecule has 2 aromatic rings. The summed E-state index contributed by atoms with van der Waals surface area (Å²) in [5.74, 6) is 0.280. The Morgan fingerprint density at radius 1 is 1.07 bits per heavy atom. The summed E-state index contributed by atoms with van der Waals surface area (Å²) in [6.45, 7) is 5.79. The predicted molar refractivity (Wildman–Crippen MR) is 111 cm³/mol. The van der Waals surface area contributed by atoms with Crippen LogP contribution in [0.4, 0.5) is 0 Å². The highest BCUT2D eigenvalue weighted by Gasteiger charge is 2.33. The van der Waals surface area contributed by atoms with E-state index in [9.17, 15) is 13.2 Å². The van der Waals surface area contributed by atoms with Gasteiger partial charge in [0.1, 0.15) is 0 Å². The summed E-state index contributed by atoms with van der Waals surface area (Å²) in [6.07, 6.45) is 2.93. The molecule has 2 aromatic carbocycles. The second-order valence-corrected chi connectivity index (χ2v) is 9.37. The molecule has 0 spiro atoms. The van der Waals surface area contributed by atoms with E-state index in [4.69, 9.17) is 0 Å². The van der Waals surface area contributed by atoms with Gasteiger partial charge in [-0.25, -0.2) is 13.1 Å².